The SMILES string of the molecule is CC(C)c1nc(=S)cc(NCCN2CCOCC2)[nH]1. The van der Waals surface area contributed by atoms with Gasteiger partial charge >= 0.3 is 0 Å². The van der Waals surface area contributed by atoms with Gasteiger partial charge in [-0.05, 0) is 0 Å². The van der Waals surface area contributed by atoms with Gasteiger partial charge in [0.05, 0.1) is 13.2 Å². The fourth-order valence-corrected chi connectivity index (χ4v) is 2.23. The minimum absolute atomic E-state index is 0.350. The van der Waals surface area contributed by atoms with E-state index in [1.54, 1.807) is 0 Å². The third kappa shape index (κ3) is 4.56. The molecule has 0 saturated carbocycles. The Morgan fingerprint density at radius 2 is 2.21 bits per heavy atom. The van der Waals surface area contributed by atoms with Crippen LogP contribution < -0.4 is 5.32 Å². The molecule has 0 amide bonds. The number of H-pyrrole nitrogens is 1. The molecule has 1 aliphatic heterocycles. The van der Waals surface area contributed by atoms with Crippen molar-refractivity contribution in [3.63, 3.8) is 0 Å². The van der Waals surface area contributed by atoms with E-state index in [4.69, 9.17) is 17.0 Å². The van der Waals surface area contributed by atoms with E-state index in [-0.39, 0.29) is 0 Å². The highest BCUT2D eigenvalue weighted by Crippen LogP contribution is 2.11. The molecular weight excluding hydrogens is 260 g/mol. The molecule has 0 spiro atoms. The van der Waals surface area contributed by atoms with Gasteiger partial charge in [-0.15, -0.1) is 0 Å². The Morgan fingerprint density at radius 3 is 2.89 bits per heavy atom. The Kier molecular flexibility index (Phi) is 5.30. The van der Waals surface area contributed by atoms with E-state index >= 15 is 0 Å². The molecule has 0 bridgehead atoms. The lowest BCUT2D eigenvalue weighted by Gasteiger charge is -2.26. The summed E-state index contributed by atoms with van der Waals surface area (Å²) in [4.78, 5) is 10.0. The monoisotopic (exact) mass is 282 g/mol. The Balaban J connectivity index is 1.86. The first-order chi connectivity index (χ1) is 9.15. The van der Waals surface area contributed by atoms with Gasteiger partial charge in [-0.25, -0.2) is 4.98 Å². The first-order valence-electron chi connectivity index (χ1n) is 6.80. The lowest BCUT2D eigenvalue weighted by atomic mass is 10.2. The summed E-state index contributed by atoms with van der Waals surface area (Å²) in [6, 6.07) is 1.88. The number of nitrogens with zero attached hydrogens (tertiary/aromatic N) is 2. The second kappa shape index (κ2) is 6.98. The fourth-order valence-electron chi connectivity index (χ4n) is 2.02. The van der Waals surface area contributed by atoms with Crippen LogP contribution in [-0.2, 0) is 4.74 Å². The van der Waals surface area contributed by atoms with Crippen LogP contribution in [-0.4, -0.2) is 54.3 Å². The molecule has 2 heterocycles. The zero-order valence-electron chi connectivity index (χ0n) is 11.6. The van der Waals surface area contributed by atoms with Crippen molar-refractivity contribution in [3.8, 4) is 0 Å². The molecule has 0 atom stereocenters. The van der Waals surface area contributed by atoms with Crippen molar-refractivity contribution >= 4 is 18.0 Å². The molecule has 1 fully saturated rings. The molecule has 106 valence electrons. The van der Waals surface area contributed by atoms with E-state index in [1.165, 1.54) is 0 Å². The van der Waals surface area contributed by atoms with Gasteiger partial charge in [0.1, 0.15) is 16.3 Å². The van der Waals surface area contributed by atoms with Crippen molar-refractivity contribution in [1.29, 1.82) is 0 Å². The van der Waals surface area contributed by atoms with E-state index in [0.717, 1.165) is 51.0 Å². The molecule has 1 aromatic heterocycles. The summed E-state index contributed by atoms with van der Waals surface area (Å²) in [6.45, 7) is 9.84. The molecule has 2 N–H and O–H groups in total. The van der Waals surface area contributed by atoms with Crippen LogP contribution in [0.25, 0.3) is 0 Å². The number of hydrogen-bond donors (Lipinski definition) is 2. The van der Waals surface area contributed by atoms with Crippen LogP contribution in [0.5, 0.6) is 0 Å². The maximum absolute atomic E-state index is 5.33. The topological polar surface area (TPSA) is 53.2 Å². The number of nitrogens with one attached hydrogen (secondary N) is 2. The average Bonchev–Trinajstić information content (AvgIpc) is 2.39. The van der Waals surface area contributed by atoms with Crippen LogP contribution in [0.3, 0.4) is 0 Å². The van der Waals surface area contributed by atoms with Crippen molar-refractivity contribution in [1.82, 2.24) is 14.9 Å². The van der Waals surface area contributed by atoms with Crippen molar-refractivity contribution in [3.05, 3.63) is 16.5 Å². The zero-order valence-corrected chi connectivity index (χ0v) is 12.4. The first-order valence-corrected chi connectivity index (χ1v) is 7.21. The molecule has 1 aromatic rings. The molecule has 0 aliphatic carbocycles. The number of hydrogen-bond acceptors (Lipinski definition) is 5. The third-order valence-electron chi connectivity index (χ3n) is 3.16. The predicted molar refractivity (Wildman–Crippen MR) is 79.3 cm³/mol. The number of aromatic amines is 1. The lowest BCUT2D eigenvalue weighted by Crippen LogP contribution is -2.39. The van der Waals surface area contributed by atoms with Gasteiger partial charge in [0.15, 0.2) is 0 Å². The largest absolute Gasteiger partial charge is 0.379 e. The van der Waals surface area contributed by atoms with Gasteiger partial charge in [-0.2, -0.15) is 0 Å². The number of ether oxygens (including phenoxy) is 1. The van der Waals surface area contributed by atoms with E-state index in [2.05, 4.69) is 34.0 Å². The molecular formula is C13H22N4OS. The van der Waals surface area contributed by atoms with Gasteiger partial charge in [0.25, 0.3) is 0 Å². The number of morpholine rings is 1. The highest BCUT2D eigenvalue weighted by atomic mass is 32.1. The van der Waals surface area contributed by atoms with Gasteiger partial charge in [-0.3, -0.25) is 4.90 Å². The van der Waals surface area contributed by atoms with Gasteiger partial charge < -0.3 is 15.0 Å². The summed E-state index contributed by atoms with van der Waals surface area (Å²) in [5.41, 5.74) is 0. The minimum Gasteiger partial charge on any atom is -0.379 e. The summed E-state index contributed by atoms with van der Waals surface area (Å²) in [6.07, 6.45) is 0. The highest BCUT2D eigenvalue weighted by molar-refractivity contribution is 7.71. The van der Waals surface area contributed by atoms with Crippen molar-refractivity contribution in [2.24, 2.45) is 0 Å². The van der Waals surface area contributed by atoms with Crippen LogP contribution in [0.2, 0.25) is 0 Å². The van der Waals surface area contributed by atoms with Gasteiger partial charge in [-0.1, -0.05) is 26.1 Å². The van der Waals surface area contributed by atoms with E-state index in [9.17, 15) is 0 Å². The van der Waals surface area contributed by atoms with Crippen LogP contribution in [0.4, 0.5) is 5.82 Å². The van der Waals surface area contributed by atoms with E-state index < -0.39 is 0 Å². The summed E-state index contributed by atoms with van der Waals surface area (Å²) in [5, 5.41) is 3.38. The predicted octanol–water partition coefficient (Wildman–Crippen LogP) is 2.01. The van der Waals surface area contributed by atoms with E-state index in [0.29, 0.717) is 10.6 Å². The Morgan fingerprint density at radius 1 is 1.47 bits per heavy atom. The molecule has 1 saturated heterocycles. The molecule has 19 heavy (non-hydrogen) atoms. The molecule has 5 nitrogen and oxygen atoms in total. The summed E-state index contributed by atoms with van der Waals surface area (Å²) in [7, 11) is 0. The second-order valence-electron chi connectivity index (χ2n) is 5.05. The second-order valence-corrected chi connectivity index (χ2v) is 5.47. The van der Waals surface area contributed by atoms with Gasteiger partial charge in [0, 0.05) is 38.2 Å². The first kappa shape index (κ1) is 14.4. The quantitative estimate of drug-likeness (QED) is 0.809. The van der Waals surface area contributed by atoms with Crippen molar-refractivity contribution in [2.45, 2.75) is 19.8 Å². The van der Waals surface area contributed by atoms with Gasteiger partial charge in [0.2, 0.25) is 0 Å². The van der Waals surface area contributed by atoms with Crippen LogP contribution >= 0.6 is 12.2 Å². The number of anilines is 1. The van der Waals surface area contributed by atoms with Crippen molar-refractivity contribution < 1.29 is 4.74 Å². The molecule has 6 heteroatoms. The third-order valence-corrected chi connectivity index (χ3v) is 3.36. The van der Waals surface area contributed by atoms with Crippen LogP contribution in [0.1, 0.15) is 25.6 Å². The van der Waals surface area contributed by atoms with Crippen molar-refractivity contribution in [2.75, 3.05) is 44.7 Å². The maximum atomic E-state index is 5.33. The standard InChI is InChI=1S/C13H22N4OS/c1-10(2)13-15-11(9-12(19)16-13)14-3-4-17-5-7-18-8-6-17/h9-10H,3-8H2,1-2H3,(H2,14,15,16,19). The molecule has 1 aliphatic rings. The Hall–Kier alpha value is -0.980. The fraction of sp³-hybridized carbons (Fsp3) is 0.692. The number of rotatable bonds is 5. The molecule has 0 unspecified atom stereocenters. The smallest absolute Gasteiger partial charge is 0.131 e. The summed E-state index contributed by atoms with van der Waals surface area (Å²) in [5.74, 6) is 2.24. The zero-order chi connectivity index (χ0) is 13.7. The Labute approximate surface area is 119 Å². The number of aromatic nitrogens is 2. The lowest BCUT2D eigenvalue weighted by molar-refractivity contribution is 0.0398. The highest BCUT2D eigenvalue weighted by Gasteiger charge is 2.09. The van der Waals surface area contributed by atoms with Crippen LogP contribution in [0.15, 0.2) is 6.07 Å². The normalized spacial score (nSPS) is 16.8. The Bertz CT molecular complexity index is 454. The molecule has 2 rings (SSSR count). The average molecular weight is 282 g/mol. The maximum Gasteiger partial charge on any atom is 0.131 e. The van der Waals surface area contributed by atoms with Crippen LogP contribution in [0, 0.1) is 4.64 Å². The van der Waals surface area contributed by atoms with E-state index in [1.807, 2.05) is 6.07 Å². The molecule has 0 aromatic carbocycles. The molecule has 0 radical (unpaired) electrons. The minimum atomic E-state index is 0.350. The summed E-state index contributed by atoms with van der Waals surface area (Å²) < 4.78 is 5.97. The summed E-state index contributed by atoms with van der Waals surface area (Å²) >= 11 is 5.18.